The van der Waals surface area contributed by atoms with Crippen molar-refractivity contribution < 1.29 is 19.1 Å². The third-order valence-corrected chi connectivity index (χ3v) is 3.99. The summed E-state index contributed by atoms with van der Waals surface area (Å²) in [5.74, 6) is -0.476. The molecule has 2 amide bonds. The average Bonchev–Trinajstić information content (AvgIpc) is 2.91. The Hall–Kier alpha value is -2.61. The zero-order valence-electron chi connectivity index (χ0n) is 14.1. The maximum absolute atomic E-state index is 12.1. The van der Waals surface area contributed by atoms with Gasteiger partial charge in [0.25, 0.3) is 5.91 Å². The number of hydrogen-bond donors (Lipinski definition) is 2. The minimum atomic E-state index is -0.439. The van der Waals surface area contributed by atoms with Crippen LogP contribution in [-0.2, 0) is 18.3 Å². The minimum absolute atomic E-state index is 0.0403. The van der Waals surface area contributed by atoms with Crippen molar-refractivity contribution in [3.63, 3.8) is 0 Å². The lowest BCUT2D eigenvalue weighted by Crippen LogP contribution is -2.43. The molecule has 0 saturated carbocycles. The van der Waals surface area contributed by atoms with Gasteiger partial charge in [-0.1, -0.05) is 0 Å². The molecular weight excluding hydrogens is 390 g/mol. The lowest BCUT2D eigenvalue weighted by Gasteiger charge is -2.11. The van der Waals surface area contributed by atoms with E-state index in [4.69, 9.17) is 4.74 Å². The summed E-state index contributed by atoms with van der Waals surface area (Å²) in [7, 11) is 3.21. The second-order valence-electron chi connectivity index (χ2n) is 5.42. The number of benzene rings is 1. The van der Waals surface area contributed by atoms with Gasteiger partial charge in [0.1, 0.15) is 11.4 Å². The van der Waals surface area contributed by atoms with Crippen LogP contribution in [0.4, 0.5) is 0 Å². The summed E-state index contributed by atoms with van der Waals surface area (Å²) >= 11 is 3.28. The number of halogens is 1. The Balaban J connectivity index is 2.02. The molecule has 0 aliphatic rings. The molecule has 0 radical (unpaired) electrons. The van der Waals surface area contributed by atoms with Crippen LogP contribution in [0, 0.1) is 0 Å². The molecule has 1 aromatic heterocycles. The first kappa shape index (κ1) is 18.7. The molecule has 25 heavy (non-hydrogen) atoms. The second kappa shape index (κ2) is 7.98. The number of amides is 2. The van der Waals surface area contributed by atoms with E-state index in [-0.39, 0.29) is 12.2 Å². The maximum Gasteiger partial charge on any atom is 0.286 e. The lowest BCUT2D eigenvalue weighted by atomic mass is 10.0. The first-order chi connectivity index (χ1) is 11.8. The zero-order chi connectivity index (χ0) is 18.6. The number of Topliss-reactive ketones (excluding diaryl/α,β-unsaturated/α-hetero) is 1. The topological polar surface area (TPSA) is 89.4 Å². The number of rotatable bonds is 5. The molecule has 0 aliphatic heterocycles. The molecule has 7 nitrogen and oxygen atoms in total. The van der Waals surface area contributed by atoms with Crippen molar-refractivity contribution in [2.75, 3.05) is 7.11 Å². The molecule has 2 N–H and O–H groups in total. The highest BCUT2D eigenvalue weighted by Gasteiger charge is 2.14. The summed E-state index contributed by atoms with van der Waals surface area (Å²) in [6.45, 7) is 1.45. The quantitative estimate of drug-likeness (QED) is 0.585. The van der Waals surface area contributed by atoms with Gasteiger partial charge in [0.15, 0.2) is 5.78 Å². The fraction of sp³-hybridized carbons (Fsp3) is 0.235. The van der Waals surface area contributed by atoms with Crippen molar-refractivity contribution in [1.29, 1.82) is 0 Å². The minimum Gasteiger partial charge on any atom is -0.496 e. The van der Waals surface area contributed by atoms with Gasteiger partial charge in [-0.25, -0.2) is 0 Å². The molecule has 0 saturated heterocycles. The predicted octanol–water partition coefficient (Wildman–Crippen LogP) is 2.00. The SMILES string of the molecule is COc1ccc(C(C)=O)cc1CC(=O)NNC(=O)c1cc(Br)cn1C. The van der Waals surface area contributed by atoms with Gasteiger partial charge in [0, 0.05) is 28.8 Å². The van der Waals surface area contributed by atoms with Crippen LogP contribution in [0.1, 0.15) is 33.3 Å². The molecular formula is C17H18BrN3O4. The average molecular weight is 408 g/mol. The Labute approximate surface area is 153 Å². The Bertz CT molecular complexity index is 829. The van der Waals surface area contributed by atoms with Crippen LogP contribution in [0.25, 0.3) is 0 Å². The van der Waals surface area contributed by atoms with E-state index < -0.39 is 11.8 Å². The van der Waals surface area contributed by atoms with Crippen molar-refractivity contribution in [3.8, 4) is 5.75 Å². The standard InChI is InChI=1S/C17H18BrN3O4/c1-10(22)11-4-5-15(25-3)12(6-11)7-16(23)19-20-17(24)14-8-13(18)9-21(14)2/h4-6,8-9H,7H2,1-3H3,(H,19,23)(H,20,24). The van der Waals surface area contributed by atoms with Gasteiger partial charge in [-0.2, -0.15) is 0 Å². The van der Waals surface area contributed by atoms with Gasteiger partial charge >= 0.3 is 0 Å². The van der Waals surface area contributed by atoms with Gasteiger partial charge in [-0.3, -0.25) is 25.2 Å². The van der Waals surface area contributed by atoms with Crippen molar-refractivity contribution in [3.05, 3.63) is 51.8 Å². The largest absolute Gasteiger partial charge is 0.496 e. The second-order valence-corrected chi connectivity index (χ2v) is 6.33. The molecule has 132 valence electrons. The first-order valence-corrected chi connectivity index (χ1v) is 8.20. The van der Waals surface area contributed by atoms with Gasteiger partial charge < -0.3 is 9.30 Å². The normalized spacial score (nSPS) is 10.2. The molecule has 1 heterocycles. The van der Waals surface area contributed by atoms with E-state index in [0.717, 1.165) is 4.47 Å². The van der Waals surface area contributed by atoms with Gasteiger partial charge in [-0.15, -0.1) is 0 Å². The number of hydrazine groups is 1. The molecule has 0 aliphatic carbocycles. The molecule has 8 heteroatoms. The Morgan fingerprint density at radius 2 is 1.92 bits per heavy atom. The number of carbonyl (C=O) groups excluding carboxylic acids is 3. The van der Waals surface area contributed by atoms with E-state index in [1.54, 1.807) is 42.1 Å². The van der Waals surface area contributed by atoms with Gasteiger partial charge in [0.05, 0.1) is 13.5 Å². The van der Waals surface area contributed by atoms with Crippen LogP contribution in [0.3, 0.4) is 0 Å². The van der Waals surface area contributed by atoms with Crippen LogP contribution < -0.4 is 15.6 Å². The fourth-order valence-electron chi connectivity index (χ4n) is 2.29. The van der Waals surface area contributed by atoms with Gasteiger partial charge in [-0.05, 0) is 47.1 Å². The fourth-order valence-corrected chi connectivity index (χ4v) is 2.82. The smallest absolute Gasteiger partial charge is 0.286 e. The number of ether oxygens (including phenoxy) is 1. The molecule has 1 aromatic carbocycles. The Kier molecular flexibility index (Phi) is 5.97. The first-order valence-electron chi connectivity index (χ1n) is 7.40. The van der Waals surface area contributed by atoms with Crippen molar-refractivity contribution in [2.45, 2.75) is 13.3 Å². The van der Waals surface area contributed by atoms with Gasteiger partial charge in [0.2, 0.25) is 5.91 Å². The third-order valence-electron chi connectivity index (χ3n) is 3.56. The molecule has 0 atom stereocenters. The zero-order valence-corrected chi connectivity index (χ0v) is 15.6. The number of methoxy groups -OCH3 is 1. The van der Waals surface area contributed by atoms with E-state index in [9.17, 15) is 14.4 Å². The summed E-state index contributed by atoms with van der Waals surface area (Å²) in [5, 5.41) is 0. The lowest BCUT2D eigenvalue weighted by molar-refractivity contribution is -0.121. The molecule has 2 aromatic rings. The number of nitrogens with one attached hydrogen (secondary N) is 2. The van der Waals surface area contributed by atoms with E-state index in [2.05, 4.69) is 26.8 Å². The third kappa shape index (κ3) is 4.69. The summed E-state index contributed by atoms with van der Waals surface area (Å²) in [4.78, 5) is 35.7. The van der Waals surface area contributed by atoms with Crippen LogP contribution in [0.5, 0.6) is 5.75 Å². The van der Waals surface area contributed by atoms with E-state index in [1.165, 1.54) is 14.0 Å². The highest BCUT2D eigenvalue weighted by atomic mass is 79.9. The summed E-state index contributed by atoms with van der Waals surface area (Å²) in [6.07, 6.45) is 1.69. The van der Waals surface area contributed by atoms with Crippen molar-refractivity contribution in [1.82, 2.24) is 15.4 Å². The maximum atomic E-state index is 12.1. The number of carbonyl (C=O) groups is 3. The van der Waals surface area contributed by atoms with E-state index in [0.29, 0.717) is 22.6 Å². The summed E-state index contributed by atoms with van der Waals surface area (Å²) < 4.78 is 7.60. The molecule has 0 unspecified atom stereocenters. The van der Waals surface area contributed by atoms with Crippen molar-refractivity contribution >= 4 is 33.5 Å². The highest BCUT2D eigenvalue weighted by Crippen LogP contribution is 2.20. The monoisotopic (exact) mass is 407 g/mol. The van der Waals surface area contributed by atoms with Crippen LogP contribution in [0.15, 0.2) is 34.9 Å². The summed E-state index contributed by atoms with van der Waals surface area (Å²) in [5.41, 5.74) is 6.16. The molecule has 2 rings (SSSR count). The van der Waals surface area contributed by atoms with E-state index in [1.807, 2.05) is 0 Å². The van der Waals surface area contributed by atoms with Crippen molar-refractivity contribution in [2.24, 2.45) is 7.05 Å². The van der Waals surface area contributed by atoms with E-state index >= 15 is 0 Å². The molecule has 0 spiro atoms. The predicted molar refractivity (Wildman–Crippen MR) is 95.4 cm³/mol. The summed E-state index contributed by atoms with van der Waals surface area (Å²) in [6, 6.07) is 6.52. The Morgan fingerprint density at radius 1 is 1.20 bits per heavy atom. The number of nitrogens with zero attached hydrogens (tertiary/aromatic N) is 1. The molecule has 0 fully saturated rings. The number of hydrogen-bond acceptors (Lipinski definition) is 4. The Morgan fingerprint density at radius 3 is 2.48 bits per heavy atom. The number of ketones is 1. The highest BCUT2D eigenvalue weighted by molar-refractivity contribution is 9.10. The molecule has 0 bridgehead atoms. The number of aromatic nitrogens is 1. The van der Waals surface area contributed by atoms with Crippen LogP contribution in [-0.4, -0.2) is 29.3 Å². The van der Waals surface area contributed by atoms with Crippen LogP contribution >= 0.6 is 15.9 Å². The van der Waals surface area contributed by atoms with Crippen LogP contribution in [0.2, 0.25) is 0 Å². The number of aryl methyl sites for hydroxylation is 1.